The molecule has 0 spiro atoms. The zero-order valence-corrected chi connectivity index (χ0v) is 25.6. The van der Waals surface area contributed by atoms with Gasteiger partial charge in [-0.25, -0.2) is 4.57 Å². The molecule has 0 amide bonds. The van der Waals surface area contributed by atoms with Crippen molar-refractivity contribution in [3.63, 3.8) is 0 Å². The summed E-state index contributed by atoms with van der Waals surface area (Å²) in [6.45, 7) is 10.2. The molecule has 9 atom stereocenters. The molecule has 0 aromatic heterocycles. The minimum absolute atomic E-state index is 0.154. The molecule has 220 valence electrons. The summed E-state index contributed by atoms with van der Waals surface area (Å²) in [4.78, 5) is 49.2. The molecular weight excluding hydrogens is 537 g/mol. The largest absolute Gasteiger partial charge is 0.469 e. The Morgan fingerprint density at radius 1 is 1.15 bits per heavy atom. The highest BCUT2D eigenvalue weighted by molar-refractivity contribution is 8.00. The molecule has 2 aliphatic heterocycles. The topological polar surface area (TPSA) is 113 Å². The monoisotopic (exact) mass is 583 g/mol. The van der Waals surface area contributed by atoms with Gasteiger partial charge in [0.1, 0.15) is 11.9 Å². The number of thioether (sulfide) groups is 1. The summed E-state index contributed by atoms with van der Waals surface area (Å²) in [5, 5.41) is 0.441. The van der Waals surface area contributed by atoms with Crippen molar-refractivity contribution in [1.29, 1.82) is 0 Å². The fourth-order valence-corrected chi connectivity index (χ4v) is 10.9. The number of ether oxygens (including phenoxy) is 1. The number of carbonyl (C=O) groups excluding carboxylic acids is 2. The molecule has 8 nitrogen and oxygen atoms in total. The lowest BCUT2D eigenvalue weighted by molar-refractivity contribution is -0.192. The van der Waals surface area contributed by atoms with Crippen molar-refractivity contribution in [2.75, 3.05) is 12.8 Å². The van der Waals surface area contributed by atoms with E-state index in [9.17, 15) is 23.9 Å². The Hall–Kier alpha value is -0.700. The average Bonchev–Trinajstić information content (AvgIpc) is 3.27. The summed E-state index contributed by atoms with van der Waals surface area (Å²) < 4.78 is 23.9. The van der Waals surface area contributed by atoms with Gasteiger partial charge in [-0.15, -0.1) is 18.3 Å². The van der Waals surface area contributed by atoms with Gasteiger partial charge in [-0.3, -0.25) is 14.1 Å². The molecule has 5 rings (SSSR count). The predicted octanol–water partition coefficient (Wildman–Crippen LogP) is 5.12. The highest BCUT2D eigenvalue weighted by atomic mass is 32.2. The van der Waals surface area contributed by atoms with Gasteiger partial charge in [-0.05, 0) is 76.2 Å². The van der Waals surface area contributed by atoms with Crippen LogP contribution in [0, 0.1) is 28.1 Å². The lowest BCUT2D eigenvalue weighted by Crippen LogP contribution is -2.60. The van der Waals surface area contributed by atoms with E-state index in [0.29, 0.717) is 43.0 Å². The third-order valence-corrected chi connectivity index (χ3v) is 13.5. The van der Waals surface area contributed by atoms with Gasteiger partial charge in [0.15, 0.2) is 0 Å². The Morgan fingerprint density at radius 3 is 2.44 bits per heavy atom. The molecule has 0 radical (unpaired) electrons. The second-order valence-corrected chi connectivity index (χ2v) is 16.2. The lowest BCUT2D eigenvalue weighted by atomic mass is 9.46. The molecule has 3 aliphatic carbocycles. The summed E-state index contributed by atoms with van der Waals surface area (Å²) in [5.41, 5.74) is -1.86. The first kappa shape index (κ1) is 29.8. The van der Waals surface area contributed by atoms with Gasteiger partial charge in [0.25, 0.3) is 0 Å². The third kappa shape index (κ3) is 5.34. The Bertz CT molecular complexity index is 1040. The van der Waals surface area contributed by atoms with Crippen LogP contribution >= 0.6 is 19.6 Å². The van der Waals surface area contributed by atoms with E-state index < -0.39 is 36.3 Å². The van der Waals surface area contributed by atoms with Crippen LogP contribution in [0.25, 0.3) is 0 Å². The first-order valence-corrected chi connectivity index (χ1v) is 17.2. The van der Waals surface area contributed by atoms with Crippen molar-refractivity contribution >= 4 is 31.3 Å². The second-order valence-electron chi connectivity index (χ2n) is 13.7. The van der Waals surface area contributed by atoms with E-state index in [1.807, 2.05) is 6.92 Å². The van der Waals surface area contributed by atoms with Crippen LogP contribution in [0.3, 0.4) is 0 Å². The standard InChI is InChI=1S/C29H46NO7PS/c1-6-27(3)15-24(36-25(32)17-39-21-13-19-7-8-20(14-21)30(19)5)28(4)18(2)9-11-29(12-10-22(31)26(28)29)16-23(27)37-38(33,34)35/h6,18-21,23-24,26H,1,7-17H2,2-5H3,(H2,33,34,35)/t18-,19-,20-,23+,24-,26+,27-,28+,29?/m1/s1. The number of hydrogen-bond donors (Lipinski definition) is 2. The van der Waals surface area contributed by atoms with Gasteiger partial charge in [-0.2, -0.15) is 0 Å². The number of ketones is 1. The maximum atomic E-state index is 13.5. The van der Waals surface area contributed by atoms with Crippen LogP contribution in [-0.4, -0.2) is 68.8 Å². The number of hydrogen-bond acceptors (Lipinski definition) is 7. The molecule has 1 unspecified atom stereocenters. The van der Waals surface area contributed by atoms with Crippen LogP contribution < -0.4 is 0 Å². The van der Waals surface area contributed by atoms with Gasteiger partial charge in [0.2, 0.25) is 0 Å². The van der Waals surface area contributed by atoms with Crippen LogP contribution in [0.15, 0.2) is 12.7 Å². The minimum Gasteiger partial charge on any atom is -0.461 e. The quantitative estimate of drug-likeness (QED) is 0.239. The molecule has 5 aliphatic rings. The number of piperidine rings is 1. The second kappa shape index (κ2) is 10.5. The van der Waals surface area contributed by atoms with Crippen LogP contribution in [0.4, 0.5) is 0 Å². The molecule has 4 bridgehead atoms. The van der Waals surface area contributed by atoms with Crippen LogP contribution in [0.2, 0.25) is 0 Å². The van der Waals surface area contributed by atoms with Gasteiger partial charge < -0.3 is 19.4 Å². The van der Waals surface area contributed by atoms with E-state index in [-0.39, 0.29) is 29.3 Å². The van der Waals surface area contributed by atoms with E-state index in [2.05, 4.69) is 32.4 Å². The molecule has 2 N–H and O–H groups in total. The van der Waals surface area contributed by atoms with E-state index >= 15 is 0 Å². The van der Waals surface area contributed by atoms with Crippen molar-refractivity contribution in [3.05, 3.63) is 12.7 Å². The number of carbonyl (C=O) groups is 2. The molecule has 3 saturated carbocycles. The molecule has 2 heterocycles. The lowest BCUT2D eigenvalue weighted by Gasteiger charge is -2.60. The molecule has 5 fully saturated rings. The highest BCUT2D eigenvalue weighted by Gasteiger charge is 2.66. The molecule has 2 saturated heterocycles. The molecule has 10 heteroatoms. The van der Waals surface area contributed by atoms with Crippen LogP contribution in [-0.2, 0) is 23.4 Å². The number of Topliss-reactive ketones (excluding diaryl/α,β-unsaturated/α-hetero) is 1. The smallest absolute Gasteiger partial charge is 0.461 e. The minimum atomic E-state index is -4.81. The van der Waals surface area contributed by atoms with Crippen molar-refractivity contribution in [1.82, 2.24) is 4.90 Å². The van der Waals surface area contributed by atoms with Crippen molar-refractivity contribution in [3.8, 4) is 0 Å². The summed E-state index contributed by atoms with van der Waals surface area (Å²) >= 11 is 1.69. The maximum absolute atomic E-state index is 13.5. The predicted molar refractivity (Wildman–Crippen MR) is 151 cm³/mol. The van der Waals surface area contributed by atoms with Crippen LogP contribution in [0.5, 0.6) is 0 Å². The number of phosphoric acid groups is 1. The van der Waals surface area contributed by atoms with E-state index in [1.165, 1.54) is 12.8 Å². The Labute approximate surface area is 237 Å². The Balaban J connectivity index is 1.42. The summed E-state index contributed by atoms with van der Waals surface area (Å²) in [6.07, 6.45) is 8.39. The molecule has 0 aromatic carbocycles. The normalized spacial score (nSPS) is 46.3. The number of esters is 1. The van der Waals surface area contributed by atoms with Gasteiger partial charge >= 0.3 is 13.8 Å². The fraction of sp³-hybridized carbons (Fsp3) is 0.862. The van der Waals surface area contributed by atoms with Crippen molar-refractivity contribution < 1.29 is 33.2 Å². The number of rotatable bonds is 7. The van der Waals surface area contributed by atoms with Gasteiger partial charge in [-0.1, -0.05) is 26.8 Å². The highest BCUT2D eigenvalue weighted by Crippen LogP contribution is 2.67. The van der Waals surface area contributed by atoms with Crippen LogP contribution in [0.1, 0.15) is 85.0 Å². The van der Waals surface area contributed by atoms with Crippen molar-refractivity contribution in [2.24, 2.45) is 28.1 Å². The zero-order chi connectivity index (χ0) is 28.4. The maximum Gasteiger partial charge on any atom is 0.469 e. The average molecular weight is 584 g/mol. The van der Waals surface area contributed by atoms with Gasteiger partial charge in [0.05, 0.1) is 11.9 Å². The Kier molecular flexibility index (Phi) is 8.05. The van der Waals surface area contributed by atoms with Gasteiger partial charge in [0, 0.05) is 40.5 Å². The number of nitrogens with zero attached hydrogens (tertiary/aromatic N) is 1. The van der Waals surface area contributed by atoms with E-state index in [4.69, 9.17) is 9.26 Å². The molecule has 0 aromatic rings. The third-order valence-electron chi connectivity index (χ3n) is 11.7. The Morgan fingerprint density at radius 2 is 1.82 bits per heavy atom. The first-order valence-electron chi connectivity index (χ1n) is 14.6. The zero-order valence-electron chi connectivity index (χ0n) is 23.8. The number of phosphoric ester groups is 1. The first-order chi connectivity index (χ1) is 18.2. The fourth-order valence-electron chi connectivity index (χ4n) is 9.14. The summed E-state index contributed by atoms with van der Waals surface area (Å²) in [7, 11) is -2.60. The number of fused-ring (bicyclic) bond motifs is 2. The molecular formula is C29H46NO7PS. The van der Waals surface area contributed by atoms with Crippen molar-refractivity contribution in [2.45, 2.75) is 115 Å². The van der Waals surface area contributed by atoms with E-state index in [1.54, 1.807) is 17.8 Å². The summed E-state index contributed by atoms with van der Waals surface area (Å²) in [5.74, 6) is -0.00256. The SMILES string of the molecule is C=C[C@]1(C)C[C@@H](OC(=O)CSC2C[C@H]3CC[C@H](C2)N3C)[C@]2(C)[C@H](C)CCC3(CCC(=O)[C@H]32)C[C@@H]1OP(=O)(O)O. The van der Waals surface area contributed by atoms with E-state index in [0.717, 1.165) is 25.7 Å². The summed E-state index contributed by atoms with van der Waals surface area (Å²) in [6, 6.07) is 1.20. The molecule has 39 heavy (non-hydrogen) atoms.